The van der Waals surface area contributed by atoms with Crippen LogP contribution >= 0.6 is 0 Å². The molecule has 20 heavy (non-hydrogen) atoms. The van der Waals surface area contributed by atoms with Gasteiger partial charge < -0.3 is 14.7 Å². The maximum Gasteiger partial charge on any atom is 0.308 e. The van der Waals surface area contributed by atoms with Gasteiger partial charge in [-0.1, -0.05) is 19.1 Å². The molecule has 108 valence electrons. The number of rotatable bonds is 6. The molecule has 5 nitrogen and oxygen atoms in total. The lowest BCUT2D eigenvalue weighted by atomic mass is 10.1. The van der Waals surface area contributed by atoms with Gasteiger partial charge in [0.1, 0.15) is 5.75 Å². The van der Waals surface area contributed by atoms with Crippen LogP contribution in [0.25, 0.3) is 6.08 Å². The smallest absolute Gasteiger partial charge is 0.308 e. The largest absolute Gasteiger partial charge is 0.497 e. The molecule has 0 saturated heterocycles. The number of carboxylic acids is 1. The van der Waals surface area contributed by atoms with E-state index < -0.39 is 11.9 Å². The predicted molar refractivity (Wildman–Crippen MR) is 76.5 cm³/mol. The van der Waals surface area contributed by atoms with Crippen molar-refractivity contribution in [3.63, 3.8) is 0 Å². The highest BCUT2D eigenvalue weighted by Crippen LogP contribution is 2.13. The van der Waals surface area contributed by atoms with E-state index >= 15 is 0 Å². The van der Waals surface area contributed by atoms with Gasteiger partial charge in [-0.2, -0.15) is 0 Å². The Morgan fingerprint density at radius 1 is 1.45 bits per heavy atom. The third kappa shape index (κ3) is 4.76. The van der Waals surface area contributed by atoms with Crippen LogP contribution in [-0.4, -0.2) is 42.6 Å². The van der Waals surface area contributed by atoms with Crippen molar-refractivity contribution in [2.45, 2.75) is 6.92 Å². The quantitative estimate of drug-likeness (QED) is 0.806. The van der Waals surface area contributed by atoms with E-state index in [-0.39, 0.29) is 12.5 Å². The molecule has 1 aromatic carbocycles. The van der Waals surface area contributed by atoms with E-state index in [1.54, 1.807) is 27.2 Å². The molecule has 0 aromatic heterocycles. The molecule has 1 N–H and O–H groups in total. The number of amides is 1. The van der Waals surface area contributed by atoms with E-state index in [0.717, 1.165) is 5.56 Å². The monoisotopic (exact) mass is 277 g/mol. The number of benzene rings is 1. The summed E-state index contributed by atoms with van der Waals surface area (Å²) in [5, 5.41) is 8.81. The van der Waals surface area contributed by atoms with Crippen molar-refractivity contribution in [1.82, 2.24) is 4.90 Å². The Morgan fingerprint density at radius 3 is 2.75 bits per heavy atom. The Labute approximate surface area is 118 Å². The molecule has 0 heterocycles. The lowest BCUT2D eigenvalue weighted by Crippen LogP contribution is -2.32. The topological polar surface area (TPSA) is 66.8 Å². The van der Waals surface area contributed by atoms with Gasteiger partial charge in [-0.25, -0.2) is 0 Å². The van der Waals surface area contributed by atoms with Crippen LogP contribution < -0.4 is 4.74 Å². The lowest BCUT2D eigenvalue weighted by molar-refractivity contribution is -0.142. The Morgan fingerprint density at radius 2 is 2.15 bits per heavy atom. The highest BCUT2D eigenvalue weighted by atomic mass is 16.5. The zero-order chi connectivity index (χ0) is 15.1. The fraction of sp³-hybridized carbons (Fsp3) is 0.333. The van der Waals surface area contributed by atoms with Crippen molar-refractivity contribution in [3.8, 4) is 5.75 Å². The van der Waals surface area contributed by atoms with Gasteiger partial charge in [0.05, 0.1) is 13.0 Å². The summed E-state index contributed by atoms with van der Waals surface area (Å²) >= 11 is 0. The number of carbonyl (C=O) groups is 2. The second-order valence-corrected chi connectivity index (χ2v) is 4.57. The number of hydrogen-bond acceptors (Lipinski definition) is 3. The fourth-order valence-electron chi connectivity index (χ4n) is 1.62. The molecule has 0 aliphatic carbocycles. The van der Waals surface area contributed by atoms with Crippen molar-refractivity contribution in [3.05, 3.63) is 35.9 Å². The lowest BCUT2D eigenvalue weighted by Gasteiger charge is -2.17. The summed E-state index contributed by atoms with van der Waals surface area (Å²) < 4.78 is 5.09. The molecular weight excluding hydrogens is 258 g/mol. The number of aliphatic carboxylic acids is 1. The second kappa shape index (κ2) is 7.33. The van der Waals surface area contributed by atoms with Crippen molar-refractivity contribution in [2.75, 3.05) is 20.7 Å². The van der Waals surface area contributed by atoms with Crippen LogP contribution in [-0.2, 0) is 9.59 Å². The van der Waals surface area contributed by atoms with E-state index in [1.165, 1.54) is 11.0 Å². The minimum atomic E-state index is -0.915. The molecule has 1 aromatic rings. The summed E-state index contributed by atoms with van der Waals surface area (Å²) in [5.74, 6) is -1.02. The highest BCUT2D eigenvalue weighted by Gasteiger charge is 2.15. The van der Waals surface area contributed by atoms with Gasteiger partial charge >= 0.3 is 5.97 Å². The Balaban J connectivity index is 2.64. The summed E-state index contributed by atoms with van der Waals surface area (Å²) in [4.78, 5) is 24.0. The van der Waals surface area contributed by atoms with Crippen molar-refractivity contribution < 1.29 is 19.4 Å². The van der Waals surface area contributed by atoms with Crippen molar-refractivity contribution in [2.24, 2.45) is 5.92 Å². The third-order valence-electron chi connectivity index (χ3n) is 2.86. The third-order valence-corrected chi connectivity index (χ3v) is 2.86. The molecule has 0 spiro atoms. The minimum Gasteiger partial charge on any atom is -0.497 e. The second-order valence-electron chi connectivity index (χ2n) is 4.57. The van der Waals surface area contributed by atoms with Crippen LogP contribution in [0.4, 0.5) is 0 Å². The average molecular weight is 277 g/mol. The van der Waals surface area contributed by atoms with Crippen molar-refractivity contribution >= 4 is 18.0 Å². The van der Waals surface area contributed by atoms with Gasteiger partial charge in [0.25, 0.3) is 0 Å². The average Bonchev–Trinajstić information content (AvgIpc) is 2.44. The minimum absolute atomic E-state index is 0.177. The number of carbonyl (C=O) groups excluding carboxylic acids is 1. The molecule has 5 heteroatoms. The number of methoxy groups -OCH3 is 1. The molecule has 0 fully saturated rings. The first kappa shape index (κ1) is 15.8. The maximum absolute atomic E-state index is 11.8. The highest BCUT2D eigenvalue weighted by molar-refractivity contribution is 5.91. The zero-order valence-electron chi connectivity index (χ0n) is 11.9. The molecule has 0 bridgehead atoms. The van der Waals surface area contributed by atoms with Gasteiger partial charge in [0.2, 0.25) is 5.91 Å². The van der Waals surface area contributed by atoms with E-state index in [0.29, 0.717) is 5.75 Å². The summed E-state index contributed by atoms with van der Waals surface area (Å²) in [6.07, 6.45) is 3.09. The number of likely N-dealkylation sites (N-methyl/N-ethyl adjacent to an activating group) is 1. The summed E-state index contributed by atoms with van der Waals surface area (Å²) in [5.41, 5.74) is 0.845. The Kier molecular flexibility index (Phi) is 5.77. The van der Waals surface area contributed by atoms with Crippen LogP contribution in [0.3, 0.4) is 0 Å². The predicted octanol–water partition coefficient (Wildman–Crippen LogP) is 1.89. The Hall–Kier alpha value is -2.30. The molecule has 0 aliphatic rings. The number of hydrogen-bond donors (Lipinski definition) is 1. The molecule has 1 atom stereocenters. The molecule has 0 unspecified atom stereocenters. The van der Waals surface area contributed by atoms with E-state index in [1.807, 2.05) is 24.3 Å². The van der Waals surface area contributed by atoms with Gasteiger partial charge in [0, 0.05) is 19.7 Å². The molecule has 1 amide bonds. The summed E-state index contributed by atoms with van der Waals surface area (Å²) in [6, 6.07) is 7.31. The number of ether oxygens (including phenoxy) is 1. The normalized spacial score (nSPS) is 12.2. The van der Waals surface area contributed by atoms with E-state index in [4.69, 9.17) is 9.84 Å². The first-order valence-corrected chi connectivity index (χ1v) is 6.24. The van der Waals surface area contributed by atoms with Gasteiger partial charge in [-0.3, -0.25) is 9.59 Å². The molecule has 1 rings (SSSR count). The van der Waals surface area contributed by atoms with E-state index in [9.17, 15) is 9.59 Å². The van der Waals surface area contributed by atoms with Crippen LogP contribution in [0.1, 0.15) is 12.5 Å². The first-order valence-electron chi connectivity index (χ1n) is 6.24. The van der Waals surface area contributed by atoms with Crippen LogP contribution in [0, 0.1) is 5.92 Å². The van der Waals surface area contributed by atoms with Crippen LogP contribution in [0.2, 0.25) is 0 Å². The molecule has 0 saturated carbocycles. The zero-order valence-corrected chi connectivity index (χ0v) is 11.9. The van der Waals surface area contributed by atoms with Crippen molar-refractivity contribution in [1.29, 1.82) is 0 Å². The summed E-state index contributed by atoms with van der Waals surface area (Å²) in [6.45, 7) is 1.74. The van der Waals surface area contributed by atoms with Crippen LogP contribution in [0.15, 0.2) is 30.3 Å². The van der Waals surface area contributed by atoms with E-state index in [2.05, 4.69) is 0 Å². The van der Waals surface area contributed by atoms with Crippen LogP contribution in [0.5, 0.6) is 5.75 Å². The van der Waals surface area contributed by atoms with Gasteiger partial charge in [0.15, 0.2) is 0 Å². The Bertz CT molecular complexity index is 510. The fourth-order valence-corrected chi connectivity index (χ4v) is 1.62. The summed E-state index contributed by atoms with van der Waals surface area (Å²) in [7, 11) is 3.16. The first-order chi connectivity index (χ1) is 9.43. The maximum atomic E-state index is 11.8. The number of carboxylic acid groups (broad SMARTS) is 1. The SMILES string of the molecule is COc1cccc(/C=C\C(=O)N(C)C[C@H](C)C(=O)O)c1. The molecule has 0 aliphatic heterocycles. The standard InChI is InChI=1S/C15H19NO4/c1-11(15(18)19)10-16(2)14(17)8-7-12-5-4-6-13(9-12)20-3/h4-9,11H,10H2,1-3H3,(H,18,19)/b8-7-/t11-/m0/s1. The molecular formula is C15H19NO4. The number of nitrogens with zero attached hydrogens (tertiary/aromatic N) is 1. The van der Waals surface area contributed by atoms with Gasteiger partial charge in [-0.05, 0) is 23.8 Å². The molecule has 0 radical (unpaired) electrons. The van der Waals surface area contributed by atoms with Gasteiger partial charge in [-0.15, -0.1) is 0 Å².